The SMILES string of the molecule is CCOC(=O)CCCN(Cc1ccc2nc(NCCCN3CCOCC3)n(Cc3nc(C)ccc3O)c2c1)c1cc(C)cc(C)c1. The van der Waals surface area contributed by atoms with Gasteiger partial charge in [0.2, 0.25) is 5.95 Å². The lowest BCUT2D eigenvalue weighted by Crippen LogP contribution is -2.37. The number of carbonyl (C=O) groups is 1. The quantitative estimate of drug-likeness (QED) is 0.129. The van der Waals surface area contributed by atoms with Gasteiger partial charge in [0, 0.05) is 50.5 Å². The zero-order valence-corrected chi connectivity index (χ0v) is 27.7. The van der Waals surface area contributed by atoms with E-state index >= 15 is 0 Å². The Balaban J connectivity index is 1.41. The molecule has 0 bridgehead atoms. The molecule has 0 amide bonds. The van der Waals surface area contributed by atoms with Crippen LogP contribution in [-0.4, -0.2) is 83.1 Å². The maximum atomic E-state index is 12.1. The van der Waals surface area contributed by atoms with Crippen LogP contribution in [0.3, 0.4) is 0 Å². The van der Waals surface area contributed by atoms with Crippen LogP contribution in [-0.2, 0) is 27.4 Å². The number of anilines is 2. The topological polar surface area (TPSA) is 105 Å². The predicted molar refractivity (Wildman–Crippen MR) is 183 cm³/mol. The fourth-order valence-electron chi connectivity index (χ4n) is 6.06. The zero-order valence-electron chi connectivity index (χ0n) is 27.7. The third-order valence-electron chi connectivity index (χ3n) is 8.31. The van der Waals surface area contributed by atoms with Gasteiger partial charge in [0.1, 0.15) is 11.4 Å². The monoisotopic (exact) mass is 628 g/mol. The van der Waals surface area contributed by atoms with Crippen LogP contribution in [0.4, 0.5) is 11.6 Å². The minimum Gasteiger partial charge on any atom is -0.506 e. The molecule has 0 radical (unpaired) electrons. The van der Waals surface area contributed by atoms with E-state index in [0.29, 0.717) is 38.2 Å². The van der Waals surface area contributed by atoms with Crippen molar-refractivity contribution < 1.29 is 19.4 Å². The maximum absolute atomic E-state index is 12.1. The van der Waals surface area contributed by atoms with Crippen LogP contribution in [0.2, 0.25) is 0 Å². The fraction of sp³-hybridized carbons (Fsp3) is 0.472. The molecule has 0 atom stereocenters. The van der Waals surface area contributed by atoms with Gasteiger partial charge in [0.15, 0.2) is 0 Å². The van der Waals surface area contributed by atoms with E-state index in [0.717, 1.165) is 86.3 Å². The number of hydrogen-bond acceptors (Lipinski definition) is 9. The Kier molecular flexibility index (Phi) is 11.5. The van der Waals surface area contributed by atoms with Gasteiger partial charge in [-0.05, 0) is 100 Å². The molecule has 1 saturated heterocycles. The highest BCUT2D eigenvalue weighted by atomic mass is 16.5. The van der Waals surface area contributed by atoms with Gasteiger partial charge in [-0.2, -0.15) is 0 Å². The first kappa shape index (κ1) is 33.2. The van der Waals surface area contributed by atoms with Crippen molar-refractivity contribution in [2.75, 3.05) is 62.8 Å². The van der Waals surface area contributed by atoms with Gasteiger partial charge in [0.25, 0.3) is 0 Å². The molecular formula is C36H48N6O4. The fourth-order valence-corrected chi connectivity index (χ4v) is 6.06. The first-order chi connectivity index (χ1) is 22.3. The van der Waals surface area contributed by atoms with Gasteiger partial charge in [-0.1, -0.05) is 12.1 Å². The molecule has 10 nitrogen and oxygen atoms in total. The molecule has 5 rings (SSSR count). The Bertz CT molecular complexity index is 1590. The van der Waals surface area contributed by atoms with E-state index in [1.54, 1.807) is 6.07 Å². The van der Waals surface area contributed by atoms with Gasteiger partial charge in [0.05, 0.1) is 37.4 Å². The summed E-state index contributed by atoms with van der Waals surface area (Å²) < 4.78 is 12.8. The molecule has 0 spiro atoms. The van der Waals surface area contributed by atoms with Crippen LogP contribution < -0.4 is 10.2 Å². The normalized spacial score (nSPS) is 13.7. The Morgan fingerprint density at radius 2 is 1.80 bits per heavy atom. The highest BCUT2D eigenvalue weighted by Gasteiger charge is 2.17. The molecular weight excluding hydrogens is 580 g/mol. The van der Waals surface area contributed by atoms with Crippen molar-refractivity contribution in [1.29, 1.82) is 0 Å². The standard InChI is InChI=1S/C36H48N6O4/c1-5-46-35(44)8-6-15-41(30-21-26(2)20-27(3)22-30)24-29-10-11-31-33(23-29)42(25-32-34(43)12-9-28(4)38-32)36(39-31)37-13-7-14-40-16-18-45-19-17-40/h9-12,20-23,43H,5-8,13-19,24-25H2,1-4H3,(H,37,39). The molecule has 246 valence electrons. The van der Waals surface area contributed by atoms with Crippen molar-refractivity contribution in [1.82, 2.24) is 19.4 Å². The lowest BCUT2D eigenvalue weighted by atomic mass is 10.1. The molecule has 1 aliphatic heterocycles. The number of imidazole rings is 1. The van der Waals surface area contributed by atoms with Crippen molar-refractivity contribution in [3.8, 4) is 5.75 Å². The Hall–Kier alpha value is -4.15. The number of ether oxygens (including phenoxy) is 2. The van der Waals surface area contributed by atoms with Crippen LogP contribution in [0.15, 0.2) is 48.5 Å². The minimum atomic E-state index is -0.161. The van der Waals surface area contributed by atoms with Crippen LogP contribution in [0, 0.1) is 20.8 Å². The lowest BCUT2D eigenvalue weighted by Gasteiger charge is -2.26. The number of esters is 1. The van der Waals surface area contributed by atoms with Crippen molar-refractivity contribution in [3.05, 3.63) is 76.6 Å². The van der Waals surface area contributed by atoms with E-state index in [-0.39, 0.29) is 11.7 Å². The smallest absolute Gasteiger partial charge is 0.305 e. The van der Waals surface area contributed by atoms with E-state index < -0.39 is 0 Å². The largest absolute Gasteiger partial charge is 0.506 e. The molecule has 2 aromatic carbocycles. The number of fused-ring (bicyclic) bond motifs is 1. The number of aromatic hydroxyl groups is 1. The molecule has 3 heterocycles. The highest BCUT2D eigenvalue weighted by molar-refractivity contribution is 5.80. The average Bonchev–Trinajstić information content (AvgIpc) is 3.37. The van der Waals surface area contributed by atoms with E-state index in [1.165, 1.54) is 11.1 Å². The molecule has 0 unspecified atom stereocenters. The molecule has 2 aromatic heterocycles. The summed E-state index contributed by atoms with van der Waals surface area (Å²) in [5.41, 5.74) is 7.98. The number of benzene rings is 2. The summed E-state index contributed by atoms with van der Waals surface area (Å²) in [6.45, 7) is 15.5. The van der Waals surface area contributed by atoms with E-state index in [2.05, 4.69) is 74.9 Å². The molecule has 2 N–H and O–H groups in total. The second-order valence-corrected chi connectivity index (χ2v) is 12.2. The van der Waals surface area contributed by atoms with Crippen molar-refractivity contribution in [2.45, 2.75) is 60.0 Å². The average molecular weight is 629 g/mol. The summed E-state index contributed by atoms with van der Waals surface area (Å²) in [6, 6.07) is 16.5. The van der Waals surface area contributed by atoms with Crippen molar-refractivity contribution in [2.24, 2.45) is 0 Å². The van der Waals surface area contributed by atoms with Gasteiger partial charge < -0.3 is 29.4 Å². The first-order valence-electron chi connectivity index (χ1n) is 16.5. The molecule has 10 heteroatoms. The lowest BCUT2D eigenvalue weighted by molar-refractivity contribution is -0.143. The number of nitrogens with one attached hydrogen (secondary N) is 1. The van der Waals surface area contributed by atoms with Crippen LogP contribution in [0.1, 0.15) is 54.3 Å². The summed E-state index contributed by atoms with van der Waals surface area (Å²) in [5, 5.41) is 14.3. The second kappa shape index (κ2) is 15.9. The molecule has 4 aromatic rings. The number of hydrogen-bond donors (Lipinski definition) is 2. The van der Waals surface area contributed by atoms with Crippen LogP contribution in [0.25, 0.3) is 11.0 Å². The summed E-state index contributed by atoms with van der Waals surface area (Å²) in [7, 11) is 0. The number of nitrogens with zero attached hydrogens (tertiary/aromatic N) is 5. The van der Waals surface area contributed by atoms with Crippen molar-refractivity contribution in [3.63, 3.8) is 0 Å². The van der Waals surface area contributed by atoms with E-state index in [1.807, 2.05) is 19.9 Å². The summed E-state index contributed by atoms with van der Waals surface area (Å²) in [4.78, 5) is 26.5. The number of aryl methyl sites for hydroxylation is 3. The van der Waals surface area contributed by atoms with Crippen molar-refractivity contribution >= 4 is 28.6 Å². The molecule has 46 heavy (non-hydrogen) atoms. The van der Waals surface area contributed by atoms with Gasteiger partial charge >= 0.3 is 5.97 Å². The number of aromatic nitrogens is 3. The summed E-state index contributed by atoms with van der Waals surface area (Å²) in [6.07, 6.45) is 2.07. The van der Waals surface area contributed by atoms with E-state index in [4.69, 9.17) is 14.5 Å². The maximum Gasteiger partial charge on any atom is 0.305 e. The first-order valence-corrected chi connectivity index (χ1v) is 16.5. The predicted octanol–water partition coefficient (Wildman–Crippen LogP) is 5.59. The Morgan fingerprint density at radius 3 is 2.57 bits per heavy atom. The Morgan fingerprint density at radius 1 is 1.02 bits per heavy atom. The second-order valence-electron chi connectivity index (χ2n) is 12.2. The minimum absolute atomic E-state index is 0.161. The van der Waals surface area contributed by atoms with Gasteiger partial charge in [-0.25, -0.2) is 4.98 Å². The number of morpholine rings is 1. The van der Waals surface area contributed by atoms with E-state index in [9.17, 15) is 9.90 Å². The number of pyridine rings is 1. The third kappa shape index (κ3) is 8.98. The molecule has 0 saturated carbocycles. The zero-order chi connectivity index (χ0) is 32.5. The van der Waals surface area contributed by atoms with Gasteiger partial charge in [-0.15, -0.1) is 0 Å². The van der Waals surface area contributed by atoms with Crippen LogP contribution >= 0.6 is 0 Å². The Labute approximate surface area is 272 Å². The molecule has 0 aliphatic carbocycles. The molecule has 1 fully saturated rings. The third-order valence-corrected chi connectivity index (χ3v) is 8.31. The van der Waals surface area contributed by atoms with Crippen LogP contribution in [0.5, 0.6) is 5.75 Å². The van der Waals surface area contributed by atoms with Gasteiger partial charge in [-0.3, -0.25) is 14.7 Å². The number of carbonyl (C=O) groups excluding carboxylic acids is 1. The molecule has 1 aliphatic rings. The number of rotatable bonds is 15. The summed E-state index contributed by atoms with van der Waals surface area (Å²) >= 11 is 0. The summed E-state index contributed by atoms with van der Waals surface area (Å²) in [5.74, 6) is 0.771. The highest BCUT2D eigenvalue weighted by Crippen LogP contribution is 2.27.